The van der Waals surface area contributed by atoms with E-state index in [9.17, 15) is 0 Å². The SMILES string of the molecule is CN(C)CCn1ncc(Br)c1CCCN. The predicted octanol–water partition coefficient (Wildman–Crippen LogP) is 1.10. The van der Waals surface area contributed by atoms with Gasteiger partial charge in [-0.1, -0.05) is 0 Å². The Morgan fingerprint density at radius 1 is 1.53 bits per heavy atom. The summed E-state index contributed by atoms with van der Waals surface area (Å²) in [6.45, 7) is 2.66. The molecule has 0 aliphatic heterocycles. The fraction of sp³-hybridized carbons (Fsp3) is 0.700. The summed E-state index contributed by atoms with van der Waals surface area (Å²) in [6, 6.07) is 0. The average molecular weight is 275 g/mol. The van der Waals surface area contributed by atoms with Crippen LogP contribution in [0.25, 0.3) is 0 Å². The molecule has 0 amide bonds. The quantitative estimate of drug-likeness (QED) is 0.845. The van der Waals surface area contributed by atoms with Crippen molar-refractivity contribution in [2.75, 3.05) is 27.2 Å². The molecule has 1 aromatic rings. The highest BCUT2D eigenvalue weighted by molar-refractivity contribution is 9.10. The molecule has 0 fully saturated rings. The molecule has 0 saturated heterocycles. The molecule has 4 nitrogen and oxygen atoms in total. The molecule has 0 unspecified atom stereocenters. The second kappa shape index (κ2) is 6.25. The van der Waals surface area contributed by atoms with Gasteiger partial charge >= 0.3 is 0 Å². The van der Waals surface area contributed by atoms with E-state index in [1.165, 1.54) is 5.69 Å². The van der Waals surface area contributed by atoms with Crippen LogP contribution in [0.5, 0.6) is 0 Å². The highest BCUT2D eigenvalue weighted by Crippen LogP contribution is 2.17. The Morgan fingerprint density at radius 3 is 2.87 bits per heavy atom. The van der Waals surface area contributed by atoms with Crippen LogP contribution in [0, 0.1) is 0 Å². The number of hydrogen-bond donors (Lipinski definition) is 1. The molecule has 0 bridgehead atoms. The average Bonchev–Trinajstić information content (AvgIpc) is 2.53. The van der Waals surface area contributed by atoms with Gasteiger partial charge in [-0.05, 0) is 49.4 Å². The van der Waals surface area contributed by atoms with Gasteiger partial charge in [0.2, 0.25) is 0 Å². The maximum absolute atomic E-state index is 5.51. The molecular weight excluding hydrogens is 256 g/mol. The van der Waals surface area contributed by atoms with Crippen molar-refractivity contribution in [2.45, 2.75) is 19.4 Å². The zero-order valence-corrected chi connectivity index (χ0v) is 11.0. The monoisotopic (exact) mass is 274 g/mol. The number of halogens is 1. The van der Waals surface area contributed by atoms with Crippen molar-refractivity contribution in [1.29, 1.82) is 0 Å². The van der Waals surface area contributed by atoms with Crippen LogP contribution in [-0.2, 0) is 13.0 Å². The van der Waals surface area contributed by atoms with E-state index in [0.29, 0.717) is 0 Å². The molecule has 0 radical (unpaired) electrons. The molecule has 1 aromatic heterocycles. The van der Waals surface area contributed by atoms with Crippen molar-refractivity contribution in [3.05, 3.63) is 16.4 Å². The molecule has 0 saturated carbocycles. The second-order valence-corrected chi connectivity index (χ2v) is 4.71. The van der Waals surface area contributed by atoms with Gasteiger partial charge in [0.25, 0.3) is 0 Å². The molecule has 0 aliphatic rings. The molecule has 0 aliphatic carbocycles. The van der Waals surface area contributed by atoms with Crippen LogP contribution in [0.1, 0.15) is 12.1 Å². The summed E-state index contributed by atoms with van der Waals surface area (Å²) in [4.78, 5) is 2.16. The Balaban J connectivity index is 2.61. The van der Waals surface area contributed by atoms with Crippen molar-refractivity contribution < 1.29 is 0 Å². The Kier molecular flexibility index (Phi) is 5.28. The summed E-state index contributed by atoms with van der Waals surface area (Å²) in [5.74, 6) is 0. The van der Waals surface area contributed by atoms with Crippen LogP contribution in [0.15, 0.2) is 10.7 Å². The van der Waals surface area contributed by atoms with E-state index >= 15 is 0 Å². The van der Waals surface area contributed by atoms with Crippen molar-refractivity contribution in [1.82, 2.24) is 14.7 Å². The minimum atomic E-state index is 0.727. The van der Waals surface area contributed by atoms with Gasteiger partial charge in [0, 0.05) is 6.54 Å². The first-order valence-corrected chi connectivity index (χ1v) is 5.99. The number of nitrogens with zero attached hydrogens (tertiary/aromatic N) is 3. The molecule has 5 heteroatoms. The first-order chi connectivity index (χ1) is 7.15. The highest BCUT2D eigenvalue weighted by atomic mass is 79.9. The first-order valence-electron chi connectivity index (χ1n) is 5.20. The number of nitrogens with two attached hydrogens (primary N) is 1. The third-order valence-corrected chi connectivity index (χ3v) is 2.94. The molecule has 2 N–H and O–H groups in total. The van der Waals surface area contributed by atoms with Crippen molar-refractivity contribution >= 4 is 15.9 Å². The van der Waals surface area contributed by atoms with E-state index in [1.807, 2.05) is 6.20 Å². The summed E-state index contributed by atoms with van der Waals surface area (Å²) in [6.07, 6.45) is 3.86. The second-order valence-electron chi connectivity index (χ2n) is 3.86. The number of likely N-dealkylation sites (N-methyl/N-ethyl adjacent to an activating group) is 1. The van der Waals surface area contributed by atoms with Crippen LogP contribution in [0.3, 0.4) is 0 Å². The fourth-order valence-corrected chi connectivity index (χ4v) is 1.89. The minimum absolute atomic E-state index is 0.727. The van der Waals surface area contributed by atoms with E-state index in [4.69, 9.17) is 5.73 Å². The van der Waals surface area contributed by atoms with Gasteiger partial charge in [-0.15, -0.1) is 0 Å². The Morgan fingerprint density at radius 2 is 2.27 bits per heavy atom. The Bertz CT molecular complexity index is 296. The fourth-order valence-electron chi connectivity index (χ4n) is 1.39. The van der Waals surface area contributed by atoms with Crippen LogP contribution in [0.4, 0.5) is 0 Å². The summed E-state index contributed by atoms with van der Waals surface area (Å²) in [7, 11) is 4.14. The molecule has 1 rings (SSSR count). The van der Waals surface area contributed by atoms with Gasteiger partial charge in [-0.25, -0.2) is 0 Å². The normalized spacial score (nSPS) is 11.3. The topological polar surface area (TPSA) is 47.1 Å². The number of aromatic nitrogens is 2. The maximum Gasteiger partial charge on any atom is 0.0635 e. The summed E-state index contributed by atoms with van der Waals surface area (Å²) < 4.78 is 3.15. The smallest absolute Gasteiger partial charge is 0.0635 e. The molecular formula is C10H19BrN4. The maximum atomic E-state index is 5.51. The summed E-state index contributed by atoms with van der Waals surface area (Å²) in [5.41, 5.74) is 6.77. The van der Waals surface area contributed by atoms with Crippen LogP contribution < -0.4 is 5.73 Å². The summed E-state index contributed by atoms with van der Waals surface area (Å²) in [5, 5.41) is 4.34. The third-order valence-electron chi connectivity index (χ3n) is 2.27. The first kappa shape index (κ1) is 12.7. The van der Waals surface area contributed by atoms with Crippen LogP contribution >= 0.6 is 15.9 Å². The largest absolute Gasteiger partial charge is 0.330 e. The molecule has 15 heavy (non-hydrogen) atoms. The van der Waals surface area contributed by atoms with Gasteiger partial charge in [-0.2, -0.15) is 5.10 Å². The van der Waals surface area contributed by atoms with Crippen molar-refractivity contribution in [3.63, 3.8) is 0 Å². The van der Waals surface area contributed by atoms with E-state index in [0.717, 1.165) is 36.9 Å². The number of hydrogen-bond acceptors (Lipinski definition) is 3. The van der Waals surface area contributed by atoms with Gasteiger partial charge < -0.3 is 10.6 Å². The molecule has 1 heterocycles. The van der Waals surface area contributed by atoms with E-state index < -0.39 is 0 Å². The van der Waals surface area contributed by atoms with Gasteiger partial charge in [0.15, 0.2) is 0 Å². The lowest BCUT2D eigenvalue weighted by Crippen LogP contribution is -2.20. The standard InChI is InChI=1S/C10H19BrN4/c1-14(2)6-7-15-10(4-3-5-12)9(11)8-13-15/h8H,3-7,12H2,1-2H3. The number of rotatable bonds is 6. The van der Waals surface area contributed by atoms with Gasteiger partial charge in [-0.3, -0.25) is 4.68 Å². The lowest BCUT2D eigenvalue weighted by Gasteiger charge is -2.12. The zero-order chi connectivity index (χ0) is 11.3. The van der Waals surface area contributed by atoms with E-state index in [2.05, 4.69) is 44.7 Å². The van der Waals surface area contributed by atoms with E-state index in [-0.39, 0.29) is 0 Å². The van der Waals surface area contributed by atoms with Crippen LogP contribution in [-0.4, -0.2) is 41.9 Å². The Labute approximate surface area is 99.6 Å². The minimum Gasteiger partial charge on any atom is -0.330 e. The van der Waals surface area contributed by atoms with Crippen LogP contribution in [0.2, 0.25) is 0 Å². The lowest BCUT2D eigenvalue weighted by molar-refractivity contribution is 0.369. The highest BCUT2D eigenvalue weighted by Gasteiger charge is 2.07. The van der Waals surface area contributed by atoms with E-state index in [1.54, 1.807) is 0 Å². The molecule has 0 aromatic carbocycles. The van der Waals surface area contributed by atoms with Gasteiger partial charge in [0.05, 0.1) is 22.9 Å². The van der Waals surface area contributed by atoms with Crippen molar-refractivity contribution in [3.8, 4) is 0 Å². The lowest BCUT2D eigenvalue weighted by atomic mass is 10.2. The zero-order valence-electron chi connectivity index (χ0n) is 9.41. The molecule has 0 atom stereocenters. The molecule has 86 valence electrons. The Hall–Kier alpha value is -0.390. The summed E-state index contributed by atoms with van der Waals surface area (Å²) >= 11 is 3.52. The molecule has 0 spiro atoms. The van der Waals surface area contributed by atoms with Crippen molar-refractivity contribution in [2.24, 2.45) is 5.73 Å². The van der Waals surface area contributed by atoms with Gasteiger partial charge in [0.1, 0.15) is 0 Å². The predicted molar refractivity (Wildman–Crippen MR) is 65.9 cm³/mol. The third kappa shape index (κ3) is 3.93.